The smallest absolute Gasteiger partial charge is 0.344 e. The van der Waals surface area contributed by atoms with Crippen molar-refractivity contribution in [2.75, 3.05) is 34.0 Å². The molecule has 0 aliphatic carbocycles. The number of rotatable bonds is 12. The van der Waals surface area contributed by atoms with Crippen molar-refractivity contribution in [1.29, 1.82) is 0 Å². The highest BCUT2D eigenvalue weighted by Gasteiger charge is 2.27. The molecule has 1 rings (SSSR count). The Morgan fingerprint density at radius 3 is 2.04 bits per heavy atom. The predicted molar refractivity (Wildman–Crippen MR) is 104 cm³/mol. The van der Waals surface area contributed by atoms with E-state index in [4.69, 9.17) is 23.7 Å². The number of methoxy groups -OCH3 is 2. The fourth-order valence-electron chi connectivity index (χ4n) is 2.44. The molecule has 0 saturated carbocycles. The lowest BCUT2D eigenvalue weighted by Crippen LogP contribution is -2.28. The van der Waals surface area contributed by atoms with Crippen LogP contribution >= 0.6 is 0 Å². The number of carbonyl (C=O) groups is 2. The lowest BCUT2D eigenvalue weighted by atomic mass is 9.91. The first-order chi connectivity index (χ1) is 13.2. The summed E-state index contributed by atoms with van der Waals surface area (Å²) in [4.78, 5) is 23.6. The Labute approximate surface area is 167 Å². The molecule has 0 aliphatic rings. The van der Waals surface area contributed by atoms with Crippen molar-refractivity contribution in [3.05, 3.63) is 28.8 Å². The average molecular weight is 396 g/mol. The van der Waals surface area contributed by atoms with Gasteiger partial charge in [-0.3, -0.25) is 4.79 Å². The molecule has 0 spiro atoms. The van der Waals surface area contributed by atoms with Crippen molar-refractivity contribution in [3.63, 3.8) is 0 Å². The van der Waals surface area contributed by atoms with E-state index >= 15 is 0 Å². The van der Waals surface area contributed by atoms with Crippen LogP contribution in [0.5, 0.6) is 5.75 Å². The standard InChI is InChI=1S/C21H32O7/c1-7-21(3,4)20(23)28-14-18(22)26-8-9-27-19-16(12-24-5)10-15(2)11-17(19)13-25-6/h10-11H,7-9,12-14H2,1-6H3. The molecule has 0 saturated heterocycles. The Balaban J connectivity index is 2.55. The van der Waals surface area contributed by atoms with Gasteiger partial charge in [-0.1, -0.05) is 24.6 Å². The van der Waals surface area contributed by atoms with Gasteiger partial charge < -0.3 is 23.7 Å². The fourth-order valence-corrected chi connectivity index (χ4v) is 2.44. The maximum absolute atomic E-state index is 11.9. The Kier molecular flexibility index (Phi) is 9.96. The molecule has 0 unspecified atom stereocenters. The van der Waals surface area contributed by atoms with Crippen LogP contribution in [-0.2, 0) is 41.8 Å². The van der Waals surface area contributed by atoms with E-state index in [0.717, 1.165) is 16.7 Å². The Morgan fingerprint density at radius 2 is 1.54 bits per heavy atom. The molecule has 0 bridgehead atoms. The molecule has 28 heavy (non-hydrogen) atoms. The van der Waals surface area contributed by atoms with E-state index in [2.05, 4.69) is 0 Å². The van der Waals surface area contributed by atoms with Gasteiger partial charge in [-0.2, -0.15) is 0 Å². The zero-order valence-electron chi connectivity index (χ0n) is 17.8. The second-order valence-electron chi connectivity index (χ2n) is 7.16. The molecule has 1 aromatic rings. The number of ether oxygens (including phenoxy) is 5. The largest absolute Gasteiger partial charge is 0.489 e. The summed E-state index contributed by atoms with van der Waals surface area (Å²) in [6, 6.07) is 3.97. The topological polar surface area (TPSA) is 80.3 Å². The van der Waals surface area contributed by atoms with E-state index in [0.29, 0.717) is 25.4 Å². The molecule has 0 amide bonds. The van der Waals surface area contributed by atoms with Crippen LogP contribution in [0.25, 0.3) is 0 Å². The van der Waals surface area contributed by atoms with Crippen LogP contribution in [0.15, 0.2) is 12.1 Å². The molecular formula is C21H32O7. The van der Waals surface area contributed by atoms with Crippen LogP contribution in [0.2, 0.25) is 0 Å². The number of esters is 2. The molecule has 0 aromatic heterocycles. The SMILES string of the molecule is CCC(C)(C)C(=O)OCC(=O)OCCOc1c(COC)cc(C)cc1COC. The van der Waals surface area contributed by atoms with E-state index < -0.39 is 24.0 Å². The highest BCUT2D eigenvalue weighted by molar-refractivity contribution is 5.79. The molecule has 7 heteroatoms. The van der Waals surface area contributed by atoms with Crippen LogP contribution in [0.1, 0.15) is 43.9 Å². The van der Waals surface area contributed by atoms with Crippen molar-refractivity contribution >= 4 is 11.9 Å². The van der Waals surface area contributed by atoms with Crippen LogP contribution in [0.3, 0.4) is 0 Å². The third-order valence-corrected chi connectivity index (χ3v) is 4.34. The fraction of sp³-hybridized carbons (Fsp3) is 0.619. The van der Waals surface area contributed by atoms with Gasteiger partial charge in [0.15, 0.2) is 6.61 Å². The first-order valence-corrected chi connectivity index (χ1v) is 9.31. The molecule has 0 fully saturated rings. The summed E-state index contributed by atoms with van der Waals surface area (Å²) in [6.07, 6.45) is 0.624. The van der Waals surface area contributed by atoms with Gasteiger partial charge in [0.1, 0.15) is 19.0 Å². The number of aryl methyl sites for hydroxylation is 1. The van der Waals surface area contributed by atoms with Gasteiger partial charge in [0.05, 0.1) is 18.6 Å². The summed E-state index contributed by atoms with van der Waals surface area (Å²) < 4.78 is 26.4. The summed E-state index contributed by atoms with van der Waals surface area (Å²) in [5.41, 5.74) is 2.26. The molecule has 0 radical (unpaired) electrons. The van der Waals surface area contributed by atoms with Crippen LogP contribution < -0.4 is 4.74 Å². The van der Waals surface area contributed by atoms with Crippen LogP contribution in [0, 0.1) is 12.3 Å². The lowest BCUT2D eigenvalue weighted by molar-refractivity contribution is -0.164. The van der Waals surface area contributed by atoms with Gasteiger partial charge in [-0.15, -0.1) is 0 Å². The maximum Gasteiger partial charge on any atom is 0.344 e. The average Bonchev–Trinajstić information content (AvgIpc) is 2.65. The van der Waals surface area contributed by atoms with E-state index in [1.54, 1.807) is 28.1 Å². The van der Waals surface area contributed by atoms with Gasteiger partial charge in [-0.25, -0.2) is 4.79 Å². The van der Waals surface area contributed by atoms with E-state index in [-0.39, 0.29) is 13.2 Å². The van der Waals surface area contributed by atoms with E-state index in [9.17, 15) is 9.59 Å². The minimum atomic E-state index is -0.621. The quantitative estimate of drug-likeness (QED) is 0.396. The minimum absolute atomic E-state index is 0.0419. The van der Waals surface area contributed by atoms with Crippen LogP contribution in [0.4, 0.5) is 0 Å². The number of hydrogen-bond acceptors (Lipinski definition) is 7. The summed E-state index contributed by atoms with van der Waals surface area (Å²) >= 11 is 0. The van der Waals surface area contributed by atoms with Crippen molar-refractivity contribution < 1.29 is 33.3 Å². The second kappa shape index (κ2) is 11.7. The number of hydrogen-bond donors (Lipinski definition) is 0. The predicted octanol–water partition coefficient (Wildman–Crippen LogP) is 3.19. The maximum atomic E-state index is 11.9. The lowest BCUT2D eigenvalue weighted by Gasteiger charge is -2.20. The first-order valence-electron chi connectivity index (χ1n) is 9.31. The van der Waals surface area contributed by atoms with Crippen molar-refractivity contribution in [3.8, 4) is 5.75 Å². The molecule has 7 nitrogen and oxygen atoms in total. The van der Waals surface area contributed by atoms with Gasteiger partial charge >= 0.3 is 11.9 Å². The summed E-state index contributed by atoms with van der Waals surface area (Å²) in [5, 5.41) is 0. The van der Waals surface area contributed by atoms with Gasteiger partial charge in [-0.05, 0) is 27.2 Å². The zero-order chi connectivity index (χ0) is 21.2. The third-order valence-electron chi connectivity index (χ3n) is 4.34. The first kappa shape index (κ1) is 23.9. The Bertz CT molecular complexity index is 625. The Morgan fingerprint density at radius 1 is 0.964 bits per heavy atom. The number of carbonyl (C=O) groups excluding carboxylic acids is 2. The van der Waals surface area contributed by atoms with Gasteiger partial charge in [0, 0.05) is 25.3 Å². The van der Waals surface area contributed by atoms with Gasteiger partial charge in [0.25, 0.3) is 0 Å². The molecular weight excluding hydrogens is 364 g/mol. The van der Waals surface area contributed by atoms with E-state index in [1.807, 2.05) is 26.0 Å². The highest BCUT2D eigenvalue weighted by Crippen LogP contribution is 2.27. The minimum Gasteiger partial charge on any atom is -0.489 e. The normalized spacial score (nSPS) is 11.2. The Hall–Kier alpha value is -2.12. The molecule has 0 heterocycles. The second-order valence-corrected chi connectivity index (χ2v) is 7.16. The zero-order valence-corrected chi connectivity index (χ0v) is 17.8. The summed E-state index contributed by atoms with van der Waals surface area (Å²) in [6.45, 7) is 8.01. The van der Waals surface area contributed by atoms with Crippen molar-refractivity contribution in [2.24, 2.45) is 5.41 Å². The molecule has 158 valence electrons. The summed E-state index contributed by atoms with van der Waals surface area (Å²) in [5.74, 6) is -0.361. The van der Waals surface area contributed by atoms with Gasteiger partial charge in [0.2, 0.25) is 0 Å². The summed E-state index contributed by atoms with van der Waals surface area (Å²) in [7, 11) is 3.23. The van der Waals surface area contributed by atoms with Crippen molar-refractivity contribution in [2.45, 2.75) is 47.3 Å². The monoisotopic (exact) mass is 396 g/mol. The third kappa shape index (κ3) is 7.48. The van der Waals surface area contributed by atoms with E-state index in [1.165, 1.54) is 0 Å². The molecule has 0 N–H and O–H groups in total. The molecule has 0 aliphatic heterocycles. The highest BCUT2D eigenvalue weighted by atomic mass is 16.6. The number of benzene rings is 1. The van der Waals surface area contributed by atoms with Crippen LogP contribution in [-0.4, -0.2) is 46.0 Å². The molecule has 1 aromatic carbocycles. The molecule has 0 atom stereocenters. The van der Waals surface area contributed by atoms with Crippen molar-refractivity contribution in [1.82, 2.24) is 0 Å².